The lowest BCUT2D eigenvalue weighted by molar-refractivity contribution is -0.116. The van der Waals surface area contributed by atoms with E-state index in [0.717, 1.165) is 28.1 Å². The van der Waals surface area contributed by atoms with Crippen LogP contribution in [0.2, 0.25) is 0 Å². The smallest absolute Gasteiger partial charge is 0.227 e. The Bertz CT molecular complexity index is 1110. The fourth-order valence-corrected chi connectivity index (χ4v) is 3.04. The molecule has 0 aliphatic heterocycles. The van der Waals surface area contributed by atoms with Gasteiger partial charge in [-0.3, -0.25) is 4.79 Å². The van der Waals surface area contributed by atoms with Crippen LogP contribution in [-0.2, 0) is 17.6 Å². The second-order valence-electron chi connectivity index (χ2n) is 6.86. The Morgan fingerprint density at radius 3 is 2.68 bits per heavy atom. The van der Waals surface area contributed by atoms with Gasteiger partial charge < -0.3 is 14.8 Å². The summed E-state index contributed by atoms with van der Waals surface area (Å²) in [5, 5.41) is 6.60. The van der Waals surface area contributed by atoms with Crippen molar-refractivity contribution in [1.82, 2.24) is 20.1 Å². The van der Waals surface area contributed by atoms with Crippen molar-refractivity contribution >= 4 is 22.6 Å². The number of aryl methyl sites for hydroxylation is 3. The van der Waals surface area contributed by atoms with E-state index in [1.54, 1.807) is 6.92 Å². The first-order chi connectivity index (χ1) is 13.5. The van der Waals surface area contributed by atoms with Crippen molar-refractivity contribution < 1.29 is 9.32 Å². The van der Waals surface area contributed by atoms with Crippen LogP contribution < -0.4 is 5.32 Å². The third-order valence-corrected chi connectivity index (χ3v) is 4.43. The summed E-state index contributed by atoms with van der Waals surface area (Å²) >= 11 is 0. The number of rotatable bonds is 6. The number of benzene rings is 2. The van der Waals surface area contributed by atoms with Gasteiger partial charge in [-0.2, -0.15) is 4.98 Å². The van der Waals surface area contributed by atoms with Crippen LogP contribution in [0.15, 0.2) is 47.0 Å². The molecule has 2 aromatic heterocycles. The molecule has 2 N–H and O–H groups in total. The van der Waals surface area contributed by atoms with Crippen molar-refractivity contribution in [3.8, 4) is 0 Å². The molecule has 4 aromatic rings. The predicted molar refractivity (Wildman–Crippen MR) is 106 cm³/mol. The Morgan fingerprint density at radius 2 is 1.93 bits per heavy atom. The van der Waals surface area contributed by atoms with Crippen LogP contribution in [0, 0.1) is 13.8 Å². The Morgan fingerprint density at radius 1 is 1.11 bits per heavy atom. The molecule has 0 radical (unpaired) electrons. The molecular weight excluding hydrogens is 354 g/mol. The summed E-state index contributed by atoms with van der Waals surface area (Å²) in [6.45, 7) is 3.82. The average Bonchev–Trinajstić information content (AvgIpc) is 3.26. The second-order valence-corrected chi connectivity index (χ2v) is 6.86. The van der Waals surface area contributed by atoms with Gasteiger partial charge in [-0.25, -0.2) is 4.98 Å². The summed E-state index contributed by atoms with van der Waals surface area (Å²) < 4.78 is 5.02. The van der Waals surface area contributed by atoms with Crippen LogP contribution in [0.25, 0.3) is 11.0 Å². The molecule has 0 saturated heterocycles. The Balaban J connectivity index is 1.34. The number of imidazole rings is 1. The van der Waals surface area contributed by atoms with E-state index >= 15 is 0 Å². The fraction of sp³-hybridized carbons (Fsp3) is 0.238. The number of amides is 1. The first-order valence-corrected chi connectivity index (χ1v) is 9.18. The van der Waals surface area contributed by atoms with Crippen molar-refractivity contribution in [1.29, 1.82) is 0 Å². The molecule has 0 unspecified atom stereocenters. The molecule has 28 heavy (non-hydrogen) atoms. The summed E-state index contributed by atoms with van der Waals surface area (Å²) in [6, 6.07) is 14.0. The number of hydrogen-bond donors (Lipinski definition) is 2. The molecule has 2 aromatic carbocycles. The maximum Gasteiger partial charge on any atom is 0.227 e. The second kappa shape index (κ2) is 7.64. The minimum absolute atomic E-state index is 0.0868. The maximum absolute atomic E-state index is 12.1. The van der Waals surface area contributed by atoms with Crippen LogP contribution in [0.4, 0.5) is 5.69 Å². The lowest BCUT2D eigenvalue weighted by atomic mass is 10.1. The van der Waals surface area contributed by atoms with Gasteiger partial charge in [-0.15, -0.1) is 0 Å². The van der Waals surface area contributed by atoms with Crippen LogP contribution in [0.3, 0.4) is 0 Å². The molecule has 0 aliphatic rings. The fourth-order valence-electron chi connectivity index (χ4n) is 3.04. The molecule has 0 spiro atoms. The molecule has 7 nitrogen and oxygen atoms in total. The number of fused-ring (bicyclic) bond motifs is 1. The van der Waals surface area contributed by atoms with E-state index in [1.807, 2.05) is 30.3 Å². The molecule has 142 valence electrons. The first-order valence-electron chi connectivity index (χ1n) is 9.18. The highest BCUT2D eigenvalue weighted by Crippen LogP contribution is 2.17. The topological polar surface area (TPSA) is 96.7 Å². The molecule has 1 amide bonds. The summed E-state index contributed by atoms with van der Waals surface area (Å²) in [5.41, 5.74) is 5.11. The zero-order chi connectivity index (χ0) is 19.5. The van der Waals surface area contributed by atoms with Gasteiger partial charge in [0.25, 0.3) is 0 Å². The largest absolute Gasteiger partial charge is 0.342 e. The summed E-state index contributed by atoms with van der Waals surface area (Å²) in [5.74, 6) is 1.89. The summed E-state index contributed by atoms with van der Waals surface area (Å²) in [6.07, 6.45) is 1.43. The van der Waals surface area contributed by atoms with E-state index in [4.69, 9.17) is 4.52 Å². The number of nitrogens with one attached hydrogen (secondary N) is 2. The van der Waals surface area contributed by atoms with Gasteiger partial charge >= 0.3 is 0 Å². The third-order valence-electron chi connectivity index (χ3n) is 4.43. The van der Waals surface area contributed by atoms with Crippen LogP contribution >= 0.6 is 0 Å². The highest BCUT2D eigenvalue weighted by atomic mass is 16.5. The van der Waals surface area contributed by atoms with Crippen molar-refractivity contribution in [2.75, 3.05) is 5.32 Å². The Labute approximate surface area is 162 Å². The van der Waals surface area contributed by atoms with E-state index in [-0.39, 0.29) is 5.91 Å². The molecule has 0 saturated carbocycles. The Kier molecular flexibility index (Phi) is 4.89. The van der Waals surface area contributed by atoms with Crippen LogP contribution in [-0.4, -0.2) is 26.0 Å². The van der Waals surface area contributed by atoms with Gasteiger partial charge in [0.2, 0.25) is 11.8 Å². The quantitative estimate of drug-likeness (QED) is 0.535. The summed E-state index contributed by atoms with van der Waals surface area (Å²) in [7, 11) is 0. The number of aromatic nitrogens is 4. The van der Waals surface area contributed by atoms with Crippen molar-refractivity contribution in [2.45, 2.75) is 33.1 Å². The number of carbonyl (C=O) groups excluding carboxylic acids is 1. The molecular formula is C21H21N5O2. The number of hydrogen-bond acceptors (Lipinski definition) is 5. The SMILES string of the molecule is Cc1ccc2nc(Cc3ccc(NC(=O)CCc4nc(C)no4)cc3)[nH]c2c1. The molecule has 4 rings (SSSR count). The number of anilines is 1. The van der Waals surface area contributed by atoms with Gasteiger partial charge in [0.15, 0.2) is 5.82 Å². The zero-order valence-corrected chi connectivity index (χ0v) is 15.8. The van der Waals surface area contributed by atoms with E-state index in [9.17, 15) is 4.79 Å². The third kappa shape index (κ3) is 4.25. The number of H-pyrrole nitrogens is 1. The van der Waals surface area contributed by atoms with Crippen molar-refractivity contribution in [3.63, 3.8) is 0 Å². The monoisotopic (exact) mass is 375 g/mol. The lowest BCUT2D eigenvalue weighted by Gasteiger charge is -2.05. The molecule has 7 heteroatoms. The highest BCUT2D eigenvalue weighted by molar-refractivity contribution is 5.90. The van der Waals surface area contributed by atoms with E-state index in [2.05, 4.69) is 44.5 Å². The van der Waals surface area contributed by atoms with Crippen LogP contribution in [0.5, 0.6) is 0 Å². The zero-order valence-electron chi connectivity index (χ0n) is 15.8. The molecule has 0 atom stereocenters. The normalized spacial score (nSPS) is 11.1. The van der Waals surface area contributed by atoms with Crippen LogP contribution in [0.1, 0.15) is 35.1 Å². The van der Waals surface area contributed by atoms with E-state index in [1.165, 1.54) is 5.56 Å². The van der Waals surface area contributed by atoms with Gasteiger partial charge in [0, 0.05) is 24.9 Å². The Hall–Kier alpha value is -3.48. The van der Waals surface area contributed by atoms with Crippen molar-refractivity contribution in [2.24, 2.45) is 0 Å². The molecule has 0 aliphatic carbocycles. The number of carbonyl (C=O) groups is 1. The molecule has 2 heterocycles. The molecule has 0 fully saturated rings. The maximum atomic E-state index is 12.1. The predicted octanol–water partition coefficient (Wildman–Crippen LogP) is 3.72. The number of nitrogens with zero attached hydrogens (tertiary/aromatic N) is 3. The number of aromatic amines is 1. The average molecular weight is 375 g/mol. The van der Waals surface area contributed by atoms with Gasteiger partial charge in [-0.1, -0.05) is 23.4 Å². The molecule has 0 bridgehead atoms. The van der Waals surface area contributed by atoms with E-state index in [0.29, 0.717) is 31.0 Å². The van der Waals surface area contributed by atoms with Gasteiger partial charge in [-0.05, 0) is 49.2 Å². The lowest BCUT2D eigenvalue weighted by Crippen LogP contribution is -2.12. The summed E-state index contributed by atoms with van der Waals surface area (Å²) in [4.78, 5) is 24.2. The minimum atomic E-state index is -0.0868. The van der Waals surface area contributed by atoms with Crippen molar-refractivity contribution in [3.05, 3.63) is 71.1 Å². The van der Waals surface area contributed by atoms with Gasteiger partial charge in [0.05, 0.1) is 11.0 Å². The standard InChI is InChI=1S/C21H21N5O2/c1-13-3-8-17-18(11-13)25-19(24-17)12-15-4-6-16(7-5-15)23-20(27)9-10-21-22-14(2)26-28-21/h3-8,11H,9-10,12H2,1-2H3,(H,23,27)(H,24,25). The van der Waals surface area contributed by atoms with E-state index < -0.39 is 0 Å². The highest BCUT2D eigenvalue weighted by Gasteiger charge is 2.08. The first kappa shape index (κ1) is 17.9. The minimum Gasteiger partial charge on any atom is -0.342 e. The van der Waals surface area contributed by atoms with Gasteiger partial charge in [0.1, 0.15) is 5.82 Å².